The Labute approximate surface area is 327 Å². The van der Waals surface area contributed by atoms with E-state index in [1.54, 1.807) is 6.33 Å². The Hall–Kier alpha value is -1.85. The summed E-state index contributed by atoms with van der Waals surface area (Å²) in [6, 6.07) is 14.1. The van der Waals surface area contributed by atoms with Gasteiger partial charge in [-0.15, -0.1) is 0 Å². The third-order valence-electron chi connectivity index (χ3n) is 12.5. The van der Waals surface area contributed by atoms with E-state index in [1.165, 1.54) is 0 Å². The Morgan fingerprint density at radius 3 is 1.81 bits per heavy atom. The van der Waals surface area contributed by atoms with Crippen molar-refractivity contribution in [3.63, 3.8) is 0 Å². The largest absolute Gasteiger partial charge is 0.463 e. The molecule has 1 aromatic carbocycles. The molecule has 3 aromatic rings. The zero-order chi connectivity index (χ0) is 39.1. The number of hydrogen-bond acceptors (Lipinski definition) is 9. The minimum atomic E-state index is -2.27. The number of imidazole rings is 1. The Bertz CT molecular complexity index is 1580. The van der Waals surface area contributed by atoms with E-state index in [9.17, 15) is 0 Å². The summed E-state index contributed by atoms with van der Waals surface area (Å²) in [5, 5.41) is 0.701. The number of anilines is 1. The molecule has 298 valence electrons. The first-order chi connectivity index (χ1) is 25.2. The molecule has 3 heterocycles. The molecular formula is C39H68ClN5O5Si3. The molecule has 10 nitrogen and oxygen atoms in total. The summed E-state index contributed by atoms with van der Waals surface area (Å²) in [7, 11) is -6.53. The molecule has 0 spiro atoms. The maximum Gasteiger partial charge on any atom is 0.320 e. The van der Waals surface area contributed by atoms with Crippen LogP contribution in [0.5, 0.6) is 6.01 Å². The van der Waals surface area contributed by atoms with Crippen LogP contribution in [0.4, 0.5) is 5.82 Å². The quantitative estimate of drug-likeness (QED) is 0.105. The molecule has 2 N–H and O–H groups in total. The van der Waals surface area contributed by atoms with Gasteiger partial charge in [0.1, 0.15) is 18.3 Å². The van der Waals surface area contributed by atoms with E-state index in [4.69, 9.17) is 50.1 Å². The fourth-order valence-corrected chi connectivity index (χ4v) is 19.0. The molecule has 0 unspecified atom stereocenters. The van der Waals surface area contributed by atoms with Gasteiger partial charge < -0.3 is 28.5 Å². The number of rotatable bonds is 21. The van der Waals surface area contributed by atoms with Crippen LogP contribution >= 0.6 is 11.6 Å². The van der Waals surface area contributed by atoms with Gasteiger partial charge in [0.05, 0.1) is 19.5 Å². The first-order valence-electron chi connectivity index (χ1n) is 20.2. The summed E-state index contributed by atoms with van der Waals surface area (Å²) in [6.45, 7) is 28.4. The van der Waals surface area contributed by atoms with Crippen LogP contribution in [-0.2, 0) is 24.4 Å². The number of nitrogens with zero attached hydrogens (tertiary/aromatic N) is 4. The first-order valence-corrected chi connectivity index (χ1v) is 27.8. The van der Waals surface area contributed by atoms with Crippen molar-refractivity contribution in [1.82, 2.24) is 19.5 Å². The van der Waals surface area contributed by atoms with E-state index >= 15 is 0 Å². The third-order valence-corrected chi connectivity index (χ3v) is 28.5. The number of ether oxygens (including phenoxy) is 2. The second-order valence-electron chi connectivity index (χ2n) is 15.8. The van der Waals surface area contributed by atoms with Crippen molar-refractivity contribution in [2.45, 2.75) is 167 Å². The van der Waals surface area contributed by atoms with E-state index in [-0.39, 0.29) is 24.0 Å². The van der Waals surface area contributed by atoms with Crippen LogP contribution in [0.15, 0.2) is 30.6 Å². The maximum atomic E-state index is 7.62. The SMILES string of the molecule is CC[Si](CC)(OC[C@H]1O[C@@H](n2cnc3c(N)nc(OCCc4ccc(Cl)cc4)nc32)[C@H](O[Si](CC)(CC)C(C)C)[C@@H]1O[Si](CC)(CC)C(C)C)C(C)C. The van der Waals surface area contributed by atoms with Crippen molar-refractivity contribution in [3.8, 4) is 6.01 Å². The van der Waals surface area contributed by atoms with Gasteiger partial charge in [-0.05, 0) is 70.6 Å². The van der Waals surface area contributed by atoms with Gasteiger partial charge in [0.15, 0.2) is 48.2 Å². The summed E-state index contributed by atoms with van der Waals surface area (Å²) in [6.07, 6.45) is 0.812. The average Bonchev–Trinajstić information content (AvgIpc) is 3.71. The monoisotopic (exact) mass is 805 g/mol. The van der Waals surface area contributed by atoms with E-state index in [2.05, 4.69) is 88.1 Å². The van der Waals surface area contributed by atoms with Crippen molar-refractivity contribution in [1.29, 1.82) is 0 Å². The highest BCUT2D eigenvalue weighted by molar-refractivity contribution is 6.76. The molecule has 2 aromatic heterocycles. The van der Waals surface area contributed by atoms with Gasteiger partial charge in [0, 0.05) is 11.4 Å². The Morgan fingerprint density at radius 2 is 1.30 bits per heavy atom. The van der Waals surface area contributed by atoms with Crippen LogP contribution in [0.25, 0.3) is 11.2 Å². The zero-order valence-corrected chi connectivity index (χ0v) is 38.3. The second-order valence-corrected chi connectivity index (χ2v) is 31.1. The minimum Gasteiger partial charge on any atom is -0.463 e. The molecule has 14 heteroatoms. The van der Waals surface area contributed by atoms with Crippen LogP contribution in [0.3, 0.4) is 0 Å². The summed E-state index contributed by atoms with van der Waals surface area (Å²) < 4.78 is 37.6. The molecule has 0 amide bonds. The zero-order valence-electron chi connectivity index (χ0n) is 34.6. The number of aromatic nitrogens is 4. The topological polar surface area (TPSA) is 116 Å². The Morgan fingerprint density at radius 1 is 0.774 bits per heavy atom. The van der Waals surface area contributed by atoms with Crippen molar-refractivity contribution >= 4 is 53.5 Å². The third kappa shape index (κ3) is 9.41. The van der Waals surface area contributed by atoms with Crippen molar-refractivity contribution in [3.05, 3.63) is 41.2 Å². The van der Waals surface area contributed by atoms with Crippen LogP contribution in [0, 0.1) is 0 Å². The van der Waals surface area contributed by atoms with Crippen LogP contribution < -0.4 is 10.5 Å². The molecule has 1 fully saturated rings. The lowest BCUT2D eigenvalue weighted by atomic mass is 10.1. The first kappa shape index (κ1) is 43.9. The molecule has 0 bridgehead atoms. The average molecular weight is 807 g/mol. The van der Waals surface area contributed by atoms with Gasteiger partial charge in [-0.2, -0.15) is 9.97 Å². The smallest absolute Gasteiger partial charge is 0.320 e. The lowest BCUT2D eigenvalue weighted by molar-refractivity contribution is -0.0470. The highest BCUT2D eigenvalue weighted by Gasteiger charge is 2.55. The van der Waals surface area contributed by atoms with Gasteiger partial charge in [-0.3, -0.25) is 4.57 Å². The predicted octanol–water partition coefficient (Wildman–Crippen LogP) is 10.6. The highest BCUT2D eigenvalue weighted by Crippen LogP contribution is 2.45. The van der Waals surface area contributed by atoms with Crippen LogP contribution in [0.2, 0.25) is 57.9 Å². The van der Waals surface area contributed by atoms with E-state index in [1.807, 2.05) is 28.8 Å². The highest BCUT2D eigenvalue weighted by atomic mass is 35.5. The second kappa shape index (κ2) is 18.9. The molecule has 1 aliphatic heterocycles. The van der Waals surface area contributed by atoms with Gasteiger partial charge in [0.2, 0.25) is 0 Å². The van der Waals surface area contributed by atoms with E-state index < -0.39 is 37.3 Å². The molecule has 4 rings (SSSR count). The molecule has 53 heavy (non-hydrogen) atoms. The van der Waals surface area contributed by atoms with Gasteiger partial charge >= 0.3 is 6.01 Å². The molecule has 1 aliphatic rings. The number of benzene rings is 1. The number of fused-ring (bicyclic) bond motifs is 1. The lowest BCUT2D eigenvalue weighted by Crippen LogP contribution is -2.54. The molecular weight excluding hydrogens is 738 g/mol. The molecule has 1 saturated heterocycles. The van der Waals surface area contributed by atoms with E-state index in [0.29, 0.717) is 52.4 Å². The number of nitrogens with two attached hydrogens (primary N) is 1. The van der Waals surface area contributed by atoms with Gasteiger partial charge in [-0.1, -0.05) is 107 Å². The number of nitrogen functional groups attached to an aromatic ring is 1. The molecule has 0 saturated carbocycles. The molecule has 4 atom stereocenters. The van der Waals surface area contributed by atoms with Crippen molar-refractivity contribution in [2.24, 2.45) is 0 Å². The lowest BCUT2D eigenvalue weighted by Gasteiger charge is -2.43. The summed E-state index contributed by atoms with van der Waals surface area (Å²) in [5.41, 5.74) is 9.99. The Balaban J connectivity index is 1.83. The van der Waals surface area contributed by atoms with E-state index in [0.717, 1.165) is 41.8 Å². The summed E-state index contributed by atoms with van der Waals surface area (Å²) in [4.78, 5) is 14.1. The summed E-state index contributed by atoms with van der Waals surface area (Å²) >= 11 is 6.09. The maximum absolute atomic E-state index is 7.62. The number of hydrogen-bond donors (Lipinski definition) is 1. The van der Waals surface area contributed by atoms with Crippen molar-refractivity contribution in [2.75, 3.05) is 18.9 Å². The fraction of sp³-hybridized carbons (Fsp3) is 0.718. The number of halogens is 1. The molecule has 0 aliphatic carbocycles. The summed E-state index contributed by atoms with van der Waals surface area (Å²) in [5.74, 6) is 0.258. The standard InChI is InChI=1S/C39H68ClN5O5Si3/c1-13-51(14-2,27(7)8)47-25-32-34(49-52(15-3,16-4)28(9)10)35(50-53(17-5,18-6)29(11)12)38(48-32)45-26-42-33-36(41)43-39(44-37(33)45)46-24-23-30-19-21-31(40)22-20-30/h19-22,26-29,32,34-35,38H,13-18,23-25H2,1-12H3,(H2,41,43,44)/t32-,34-,35-,38-/m1/s1. The predicted molar refractivity (Wildman–Crippen MR) is 225 cm³/mol. The molecule has 0 radical (unpaired) electrons. The van der Waals surface area contributed by atoms with Gasteiger partial charge in [-0.25, -0.2) is 4.98 Å². The van der Waals surface area contributed by atoms with Crippen LogP contribution in [-0.4, -0.2) is 76.0 Å². The van der Waals surface area contributed by atoms with Crippen LogP contribution in [0.1, 0.15) is 94.9 Å². The normalized spacial score (nSPS) is 20.1. The minimum absolute atomic E-state index is 0.198. The fourth-order valence-electron chi connectivity index (χ4n) is 8.38. The van der Waals surface area contributed by atoms with Crippen molar-refractivity contribution < 1.29 is 22.8 Å². The van der Waals surface area contributed by atoms with Gasteiger partial charge in [0.25, 0.3) is 0 Å². The Kier molecular flexibility index (Phi) is 15.6.